The van der Waals surface area contributed by atoms with Gasteiger partial charge in [0.2, 0.25) is 5.91 Å². The predicted molar refractivity (Wildman–Crippen MR) is 103 cm³/mol. The molecule has 1 unspecified atom stereocenters. The molecule has 27 heavy (non-hydrogen) atoms. The number of nitrogens with zero attached hydrogens (tertiary/aromatic N) is 5. The summed E-state index contributed by atoms with van der Waals surface area (Å²) in [6.07, 6.45) is 9.13. The summed E-state index contributed by atoms with van der Waals surface area (Å²) >= 11 is 0. The van der Waals surface area contributed by atoms with Crippen LogP contribution in [0.1, 0.15) is 0 Å². The van der Waals surface area contributed by atoms with E-state index in [1.807, 2.05) is 47.3 Å². The molecule has 1 N–H and O–H groups in total. The number of rotatable bonds is 5. The van der Waals surface area contributed by atoms with E-state index in [1.54, 1.807) is 4.68 Å². The maximum Gasteiger partial charge on any atom is 0.245 e. The van der Waals surface area contributed by atoms with Gasteiger partial charge in [-0.3, -0.25) is 9.48 Å². The SMILES string of the molecule is C=CC(=O)N1C[C@@H]2C(CNc3cc(-c4cnn(C)c4)cn4nccc34)[C@@H]2C1. The van der Waals surface area contributed by atoms with E-state index in [-0.39, 0.29) is 5.91 Å². The number of aromatic nitrogens is 4. The average Bonchev–Trinajstić information content (AvgIpc) is 3.16. The number of hydrogen-bond donors (Lipinski definition) is 1. The quantitative estimate of drug-likeness (QED) is 0.706. The van der Waals surface area contributed by atoms with E-state index in [9.17, 15) is 4.79 Å². The van der Waals surface area contributed by atoms with Gasteiger partial charge in [0.05, 0.1) is 23.6 Å². The second-order valence-corrected chi connectivity index (χ2v) is 7.53. The van der Waals surface area contributed by atoms with Crippen molar-refractivity contribution in [2.24, 2.45) is 24.8 Å². The van der Waals surface area contributed by atoms with E-state index in [4.69, 9.17) is 0 Å². The van der Waals surface area contributed by atoms with Crippen molar-refractivity contribution in [2.45, 2.75) is 0 Å². The highest BCUT2D eigenvalue weighted by Gasteiger charge is 2.55. The fourth-order valence-corrected chi connectivity index (χ4v) is 4.39. The van der Waals surface area contributed by atoms with Crippen molar-refractivity contribution in [3.05, 3.63) is 49.6 Å². The minimum Gasteiger partial charge on any atom is -0.383 e. The van der Waals surface area contributed by atoms with E-state index in [0.29, 0.717) is 17.8 Å². The molecule has 1 aliphatic heterocycles. The van der Waals surface area contributed by atoms with Crippen LogP contribution in [0.4, 0.5) is 5.69 Å². The van der Waals surface area contributed by atoms with Gasteiger partial charge in [0.25, 0.3) is 0 Å². The van der Waals surface area contributed by atoms with Crippen molar-refractivity contribution in [3.8, 4) is 11.1 Å². The summed E-state index contributed by atoms with van der Waals surface area (Å²) in [5, 5.41) is 12.3. The van der Waals surface area contributed by atoms with E-state index in [1.165, 1.54) is 6.08 Å². The van der Waals surface area contributed by atoms with Crippen LogP contribution in [0.3, 0.4) is 0 Å². The highest BCUT2D eigenvalue weighted by molar-refractivity contribution is 5.87. The highest BCUT2D eigenvalue weighted by atomic mass is 16.2. The largest absolute Gasteiger partial charge is 0.383 e. The van der Waals surface area contributed by atoms with E-state index in [2.05, 4.69) is 28.2 Å². The topological polar surface area (TPSA) is 67.5 Å². The summed E-state index contributed by atoms with van der Waals surface area (Å²) in [5.41, 5.74) is 4.30. The van der Waals surface area contributed by atoms with Gasteiger partial charge in [0, 0.05) is 50.2 Å². The predicted octanol–water partition coefficient (Wildman–Crippen LogP) is 2.04. The summed E-state index contributed by atoms with van der Waals surface area (Å²) in [7, 11) is 1.92. The Balaban J connectivity index is 1.32. The fraction of sp³-hybridized carbons (Fsp3) is 0.350. The molecular weight excluding hydrogens is 340 g/mol. The Labute approximate surface area is 157 Å². The Bertz CT molecular complexity index is 1020. The van der Waals surface area contributed by atoms with Crippen molar-refractivity contribution >= 4 is 17.1 Å². The van der Waals surface area contributed by atoms with Crippen molar-refractivity contribution < 1.29 is 4.79 Å². The van der Waals surface area contributed by atoms with Crippen LogP contribution in [0.15, 0.2) is 49.6 Å². The molecule has 7 heteroatoms. The monoisotopic (exact) mass is 362 g/mol. The first-order chi connectivity index (χ1) is 13.1. The lowest BCUT2D eigenvalue weighted by Crippen LogP contribution is -2.30. The van der Waals surface area contributed by atoms with Crippen LogP contribution in [-0.4, -0.2) is 49.8 Å². The fourth-order valence-electron chi connectivity index (χ4n) is 4.39. The van der Waals surface area contributed by atoms with Gasteiger partial charge in [0.1, 0.15) is 0 Å². The van der Waals surface area contributed by atoms with Crippen LogP contribution in [0.2, 0.25) is 0 Å². The van der Waals surface area contributed by atoms with E-state index < -0.39 is 0 Å². The lowest BCUT2D eigenvalue weighted by molar-refractivity contribution is -0.125. The van der Waals surface area contributed by atoms with Crippen LogP contribution in [0.25, 0.3) is 16.6 Å². The molecule has 0 spiro atoms. The molecule has 0 aromatic carbocycles. The van der Waals surface area contributed by atoms with Gasteiger partial charge >= 0.3 is 0 Å². The molecule has 7 nitrogen and oxygen atoms in total. The first-order valence-corrected chi connectivity index (χ1v) is 9.25. The van der Waals surface area contributed by atoms with Crippen LogP contribution in [0, 0.1) is 17.8 Å². The number of hydrogen-bond acceptors (Lipinski definition) is 4. The van der Waals surface area contributed by atoms with Gasteiger partial charge < -0.3 is 10.2 Å². The van der Waals surface area contributed by atoms with Crippen LogP contribution < -0.4 is 5.32 Å². The third-order valence-electron chi connectivity index (χ3n) is 5.93. The number of anilines is 1. The first kappa shape index (κ1) is 16.1. The standard InChI is InChI=1S/C20H22N6O/c1-3-20(27)25-11-16-15(17(16)12-25)8-21-18-6-13(14-7-23-24(2)9-14)10-26-19(18)4-5-22-26/h3-7,9-10,15-17,21H,1,8,11-12H2,2H3/t15?,16-,17+. The molecule has 0 radical (unpaired) electrons. The zero-order valence-corrected chi connectivity index (χ0v) is 15.2. The zero-order chi connectivity index (χ0) is 18.5. The molecule has 3 aromatic heterocycles. The number of amides is 1. The lowest BCUT2D eigenvalue weighted by Gasteiger charge is -2.18. The minimum absolute atomic E-state index is 0.0547. The Morgan fingerprint density at radius 2 is 2.11 bits per heavy atom. The second-order valence-electron chi connectivity index (χ2n) is 7.53. The summed E-state index contributed by atoms with van der Waals surface area (Å²) in [4.78, 5) is 13.6. The molecule has 1 amide bonds. The molecule has 3 aromatic rings. The first-order valence-electron chi connectivity index (χ1n) is 9.25. The number of piperidine rings is 1. The molecule has 2 fully saturated rings. The van der Waals surface area contributed by atoms with Crippen LogP contribution in [-0.2, 0) is 11.8 Å². The normalized spacial score (nSPS) is 23.4. The molecule has 3 atom stereocenters. The van der Waals surface area contributed by atoms with Crippen molar-refractivity contribution in [1.82, 2.24) is 24.3 Å². The molecule has 1 saturated carbocycles. The molecule has 1 aliphatic carbocycles. The third-order valence-corrected chi connectivity index (χ3v) is 5.93. The Morgan fingerprint density at radius 1 is 1.30 bits per heavy atom. The molecule has 1 saturated heterocycles. The number of aryl methyl sites for hydroxylation is 1. The zero-order valence-electron chi connectivity index (χ0n) is 15.2. The highest BCUT2D eigenvalue weighted by Crippen LogP contribution is 2.51. The Kier molecular flexibility index (Phi) is 3.56. The number of nitrogens with one attached hydrogen (secondary N) is 1. The number of pyridine rings is 1. The summed E-state index contributed by atoms with van der Waals surface area (Å²) in [5.74, 6) is 1.91. The lowest BCUT2D eigenvalue weighted by atomic mass is 10.1. The van der Waals surface area contributed by atoms with Crippen LogP contribution in [0.5, 0.6) is 0 Å². The van der Waals surface area contributed by atoms with E-state index in [0.717, 1.165) is 42.0 Å². The summed E-state index contributed by atoms with van der Waals surface area (Å²) in [6, 6.07) is 4.19. The van der Waals surface area contributed by atoms with Gasteiger partial charge in [-0.25, -0.2) is 4.52 Å². The Hall–Kier alpha value is -3.09. The van der Waals surface area contributed by atoms with Gasteiger partial charge in [-0.15, -0.1) is 0 Å². The van der Waals surface area contributed by atoms with Crippen molar-refractivity contribution in [1.29, 1.82) is 0 Å². The summed E-state index contributed by atoms with van der Waals surface area (Å²) < 4.78 is 3.71. The van der Waals surface area contributed by atoms with E-state index >= 15 is 0 Å². The average molecular weight is 362 g/mol. The molecule has 138 valence electrons. The number of carbonyl (C=O) groups is 1. The maximum absolute atomic E-state index is 11.7. The van der Waals surface area contributed by atoms with Crippen LogP contribution >= 0.6 is 0 Å². The smallest absolute Gasteiger partial charge is 0.245 e. The molecule has 4 heterocycles. The van der Waals surface area contributed by atoms with Gasteiger partial charge in [-0.1, -0.05) is 6.58 Å². The van der Waals surface area contributed by atoms with Crippen molar-refractivity contribution in [3.63, 3.8) is 0 Å². The van der Waals surface area contributed by atoms with Gasteiger partial charge in [-0.2, -0.15) is 10.2 Å². The van der Waals surface area contributed by atoms with Crippen molar-refractivity contribution in [2.75, 3.05) is 25.0 Å². The summed E-state index contributed by atoms with van der Waals surface area (Å²) in [6.45, 7) is 6.22. The van der Waals surface area contributed by atoms with Gasteiger partial charge in [0.15, 0.2) is 0 Å². The van der Waals surface area contributed by atoms with Gasteiger partial charge in [-0.05, 0) is 36.0 Å². The third kappa shape index (κ3) is 2.70. The number of likely N-dealkylation sites (tertiary alicyclic amines) is 1. The molecular formula is C20H22N6O. The minimum atomic E-state index is 0.0547. The second kappa shape index (κ2) is 5.97. The molecule has 2 aliphatic rings. The Morgan fingerprint density at radius 3 is 2.81 bits per heavy atom. The number of carbonyl (C=O) groups excluding carboxylic acids is 1. The molecule has 5 rings (SSSR count). The molecule has 0 bridgehead atoms. The number of fused-ring (bicyclic) bond motifs is 2. The maximum atomic E-state index is 11.7.